The molecular weight excluding hydrogens is 471 g/mol. The van der Waals surface area contributed by atoms with Gasteiger partial charge in [-0.1, -0.05) is 36.7 Å². The van der Waals surface area contributed by atoms with Crippen molar-refractivity contribution in [2.45, 2.75) is 31.8 Å². The van der Waals surface area contributed by atoms with Gasteiger partial charge in [0.1, 0.15) is 18.2 Å². The molecule has 3 aromatic rings. The number of aliphatic carboxylic acids is 1. The Morgan fingerprint density at radius 1 is 1.09 bits per heavy atom. The Balaban J connectivity index is 1.41. The van der Waals surface area contributed by atoms with Crippen molar-refractivity contribution in [1.29, 1.82) is 0 Å². The van der Waals surface area contributed by atoms with Crippen molar-refractivity contribution >= 4 is 17.6 Å². The number of carbonyl (C=O) groups is 1. The Morgan fingerprint density at radius 3 is 2.57 bits per heavy atom. The molecule has 35 heavy (non-hydrogen) atoms. The van der Waals surface area contributed by atoms with E-state index in [4.69, 9.17) is 25.8 Å². The molecule has 5 rings (SSSR count). The van der Waals surface area contributed by atoms with Crippen LogP contribution in [0.2, 0.25) is 5.02 Å². The molecule has 2 aliphatic rings. The van der Waals surface area contributed by atoms with Crippen molar-refractivity contribution in [3.63, 3.8) is 0 Å². The zero-order valence-corrected chi connectivity index (χ0v) is 20.2. The summed E-state index contributed by atoms with van der Waals surface area (Å²) in [6.45, 7) is 2.06. The van der Waals surface area contributed by atoms with E-state index in [0.29, 0.717) is 45.9 Å². The Labute approximate surface area is 208 Å². The molecular formula is C28H26ClFO5. The van der Waals surface area contributed by atoms with Crippen LogP contribution in [-0.2, 0) is 4.79 Å². The SMILES string of the molecule is COc1ccc(F)c(-c2ccc(C3COc4ccc(C(C5CC5)C(C)C(=O)O)cc4O3)cc2Cl)c1. The average molecular weight is 497 g/mol. The van der Waals surface area contributed by atoms with E-state index in [2.05, 4.69) is 0 Å². The molecule has 1 saturated carbocycles. The molecule has 0 radical (unpaired) electrons. The Morgan fingerprint density at radius 2 is 1.89 bits per heavy atom. The zero-order chi connectivity index (χ0) is 24.7. The number of ether oxygens (including phenoxy) is 3. The number of halogens is 2. The van der Waals surface area contributed by atoms with Crippen molar-refractivity contribution in [3.05, 3.63) is 76.6 Å². The van der Waals surface area contributed by atoms with Gasteiger partial charge in [-0.15, -0.1) is 0 Å². The van der Waals surface area contributed by atoms with Gasteiger partial charge in [0.05, 0.1) is 13.0 Å². The lowest BCUT2D eigenvalue weighted by atomic mass is 9.83. The molecule has 0 spiro atoms. The zero-order valence-electron chi connectivity index (χ0n) is 19.5. The lowest BCUT2D eigenvalue weighted by molar-refractivity contribution is -0.142. The summed E-state index contributed by atoms with van der Waals surface area (Å²) in [5.41, 5.74) is 2.67. The van der Waals surface area contributed by atoms with E-state index >= 15 is 0 Å². The highest BCUT2D eigenvalue weighted by molar-refractivity contribution is 6.33. The van der Waals surface area contributed by atoms with Crippen LogP contribution in [0, 0.1) is 17.7 Å². The first-order chi connectivity index (χ1) is 16.9. The van der Waals surface area contributed by atoms with Crippen LogP contribution >= 0.6 is 11.6 Å². The Bertz CT molecular complexity index is 1270. The van der Waals surface area contributed by atoms with E-state index in [-0.39, 0.29) is 11.7 Å². The number of benzene rings is 3. The largest absolute Gasteiger partial charge is 0.497 e. The minimum Gasteiger partial charge on any atom is -0.497 e. The van der Waals surface area contributed by atoms with Gasteiger partial charge in [-0.05, 0) is 72.2 Å². The number of hydrogen-bond acceptors (Lipinski definition) is 4. The van der Waals surface area contributed by atoms with E-state index in [1.807, 2.05) is 24.3 Å². The standard InChI is InChI=1S/C28H26ClFO5/c1-15(28(31)32)27(16-3-4-16)18-6-10-24-25(12-18)35-26(14-34-24)17-5-8-20(22(29)11-17)21-13-19(33-2)7-9-23(21)30/h5-13,15-16,26-27H,3-4,14H2,1-2H3,(H,31,32). The molecule has 5 nitrogen and oxygen atoms in total. The molecule has 182 valence electrons. The van der Waals surface area contributed by atoms with E-state index in [0.717, 1.165) is 24.0 Å². The molecule has 0 aromatic heterocycles. The fourth-order valence-electron chi connectivity index (χ4n) is 4.83. The van der Waals surface area contributed by atoms with E-state index in [9.17, 15) is 14.3 Å². The smallest absolute Gasteiger partial charge is 0.306 e. The normalized spacial score (nSPS) is 18.6. The summed E-state index contributed by atoms with van der Waals surface area (Å²) in [5, 5.41) is 9.99. The molecule has 1 N–H and O–H groups in total. The highest BCUT2D eigenvalue weighted by atomic mass is 35.5. The fraction of sp³-hybridized carbons (Fsp3) is 0.321. The van der Waals surface area contributed by atoms with Gasteiger partial charge in [0, 0.05) is 16.1 Å². The molecule has 3 atom stereocenters. The highest BCUT2D eigenvalue weighted by Gasteiger charge is 2.39. The molecule has 0 amide bonds. The van der Waals surface area contributed by atoms with E-state index < -0.39 is 18.0 Å². The quantitative estimate of drug-likeness (QED) is 0.386. The molecule has 0 saturated heterocycles. The number of carboxylic acid groups (broad SMARTS) is 1. The average Bonchev–Trinajstić information content (AvgIpc) is 3.69. The topological polar surface area (TPSA) is 65.0 Å². The number of carboxylic acids is 1. The van der Waals surface area contributed by atoms with Crippen LogP contribution in [0.1, 0.15) is 42.9 Å². The predicted octanol–water partition coefficient (Wildman–Crippen LogP) is 6.88. The number of fused-ring (bicyclic) bond motifs is 1. The third-order valence-corrected chi connectivity index (χ3v) is 7.21. The van der Waals surface area contributed by atoms with Crippen molar-refractivity contribution in [2.75, 3.05) is 13.7 Å². The second-order valence-electron chi connectivity index (χ2n) is 9.20. The predicted molar refractivity (Wildman–Crippen MR) is 131 cm³/mol. The van der Waals surface area contributed by atoms with Crippen molar-refractivity contribution in [2.24, 2.45) is 11.8 Å². The fourth-order valence-corrected chi connectivity index (χ4v) is 5.12. The first kappa shape index (κ1) is 23.5. The lowest BCUT2D eigenvalue weighted by Crippen LogP contribution is -2.23. The van der Waals surface area contributed by atoms with Crippen LogP contribution in [0.5, 0.6) is 17.2 Å². The van der Waals surface area contributed by atoms with Crippen molar-refractivity contribution < 1.29 is 28.5 Å². The van der Waals surface area contributed by atoms with Gasteiger partial charge in [-0.3, -0.25) is 4.79 Å². The van der Waals surface area contributed by atoms with Gasteiger partial charge in [0.2, 0.25) is 0 Å². The monoisotopic (exact) mass is 496 g/mol. The first-order valence-electron chi connectivity index (χ1n) is 11.6. The van der Waals surface area contributed by atoms with Gasteiger partial charge >= 0.3 is 5.97 Å². The third kappa shape index (κ3) is 4.67. The maximum atomic E-state index is 14.5. The summed E-state index contributed by atoms with van der Waals surface area (Å²) in [6, 6.07) is 15.6. The lowest BCUT2D eigenvalue weighted by Gasteiger charge is -2.29. The van der Waals surface area contributed by atoms with Crippen LogP contribution < -0.4 is 14.2 Å². The second-order valence-corrected chi connectivity index (χ2v) is 9.61. The first-order valence-corrected chi connectivity index (χ1v) is 12.0. The minimum absolute atomic E-state index is 0.0618. The molecule has 3 aromatic carbocycles. The van der Waals surface area contributed by atoms with Crippen LogP contribution in [0.25, 0.3) is 11.1 Å². The van der Waals surface area contributed by atoms with E-state index in [1.54, 1.807) is 31.2 Å². The molecule has 7 heteroatoms. The number of methoxy groups -OCH3 is 1. The van der Waals surface area contributed by atoms with Crippen LogP contribution in [0.4, 0.5) is 4.39 Å². The minimum atomic E-state index is -0.795. The summed E-state index contributed by atoms with van der Waals surface area (Å²) in [7, 11) is 1.53. The van der Waals surface area contributed by atoms with Crippen molar-refractivity contribution in [1.82, 2.24) is 0 Å². The summed E-state index contributed by atoms with van der Waals surface area (Å²) in [6.07, 6.45) is 1.67. The Hall–Kier alpha value is -3.25. The summed E-state index contributed by atoms with van der Waals surface area (Å²) in [4.78, 5) is 11.7. The van der Waals surface area contributed by atoms with Crippen LogP contribution in [0.3, 0.4) is 0 Å². The van der Waals surface area contributed by atoms with Gasteiger partial charge in [-0.2, -0.15) is 0 Å². The molecule has 1 aliphatic heterocycles. The summed E-state index contributed by atoms with van der Waals surface area (Å²) in [5.74, 6) is 0.404. The maximum Gasteiger partial charge on any atom is 0.306 e. The molecule has 3 unspecified atom stereocenters. The maximum absolute atomic E-state index is 14.5. The summed E-state index contributed by atoms with van der Waals surface area (Å²) >= 11 is 6.56. The number of rotatable bonds is 7. The summed E-state index contributed by atoms with van der Waals surface area (Å²) < 4.78 is 31.9. The molecule has 1 aliphatic carbocycles. The second kappa shape index (κ2) is 9.42. The number of hydrogen-bond donors (Lipinski definition) is 1. The van der Waals surface area contributed by atoms with Gasteiger partial charge in [0.15, 0.2) is 17.6 Å². The van der Waals surface area contributed by atoms with Crippen LogP contribution in [-0.4, -0.2) is 24.8 Å². The molecule has 0 bridgehead atoms. The molecule has 1 heterocycles. The van der Waals surface area contributed by atoms with Crippen LogP contribution in [0.15, 0.2) is 54.6 Å². The van der Waals surface area contributed by atoms with Gasteiger partial charge in [0.25, 0.3) is 0 Å². The third-order valence-electron chi connectivity index (χ3n) is 6.90. The Kier molecular flexibility index (Phi) is 6.32. The van der Waals surface area contributed by atoms with Gasteiger partial charge in [-0.25, -0.2) is 4.39 Å². The molecule has 1 fully saturated rings. The highest BCUT2D eigenvalue weighted by Crippen LogP contribution is 2.49. The van der Waals surface area contributed by atoms with E-state index in [1.165, 1.54) is 13.2 Å². The van der Waals surface area contributed by atoms with Gasteiger partial charge < -0.3 is 19.3 Å². The van der Waals surface area contributed by atoms with Crippen molar-refractivity contribution in [3.8, 4) is 28.4 Å².